The van der Waals surface area contributed by atoms with Crippen LogP contribution in [0.15, 0.2) is 70.4 Å². The average Bonchev–Trinajstić information content (AvgIpc) is 3.14. The minimum absolute atomic E-state index is 0.0106. The van der Waals surface area contributed by atoms with E-state index in [-0.39, 0.29) is 19.1 Å². The second-order valence-electron chi connectivity index (χ2n) is 11.8. The first-order valence-corrected chi connectivity index (χ1v) is 13.7. The highest BCUT2D eigenvalue weighted by Gasteiger charge is 2.68. The number of carbonyl (C=O) groups is 1. The third-order valence-corrected chi connectivity index (χ3v) is 9.26. The monoisotopic (exact) mass is 510 g/mol. The molecule has 3 rings (SSSR count). The van der Waals surface area contributed by atoms with E-state index in [4.69, 9.17) is 0 Å². The third-order valence-electron chi connectivity index (χ3n) is 9.26. The van der Waals surface area contributed by atoms with Gasteiger partial charge in [0.15, 0.2) is 0 Å². The van der Waals surface area contributed by atoms with Gasteiger partial charge >= 0.3 is 0 Å². The maximum Gasteiger partial charge on any atom is 0.145 e. The molecule has 5 unspecified atom stereocenters. The molecular weight excluding hydrogens is 464 g/mol. The quantitative estimate of drug-likeness (QED) is 0.192. The summed E-state index contributed by atoms with van der Waals surface area (Å²) in [6, 6.07) is 0. The molecular formula is C32H46O5. The van der Waals surface area contributed by atoms with Crippen molar-refractivity contribution in [1.29, 1.82) is 0 Å². The smallest absolute Gasteiger partial charge is 0.145 e. The summed E-state index contributed by atoms with van der Waals surface area (Å²) in [5, 5.41) is 44.2. The van der Waals surface area contributed by atoms with Crippen LogP contribution in [0.2, 0.25) is 0 Å². The first-order valence-electron chi connectivity index (χ1n) is 13.7. The van der Waals surface area contributed by atoms with E-state index < -0.39 is 22.5 Å². The second-order valence-corrected chi connectivity index (χ2v) is 11.8. The summed E-state index contributed by atoms with van der Waals surface area (Å²) in [7, 11) is 0. The van der Waals surface area contributed by atoms with Gasteiger partial charge in [-0.05, 0) is 102 Å². The maximum atomic E-state index is 12.2. The highest BCUT2D eigenvalue weighted by atomic mass is 16.3. The number of rotatable bonds is 9. The Bertz CT molecular complexity index is 1040. The predicted octanol–water partition coefficient (Wildman–Crippen LogP) is 5.28. The summed E-state index contributed by atoms with van der Waals surface area (Å²) < 4.78 is 0. The van der Waals surface area contributed by atoms with Crippen molar-refractivity contribution < 1.29 is 25.2 Å². The molecule has 204 valence electrons. The SMILES string of the molecule is C=C(C=C1C=CC2(CCC3(C(CCCO)C(=C(C)C=O)CCC3(C)O)C2O)C(CO)=C1)CCC=C(C)C. The van der Waals surface area contributed by atoms with E-state index in [1.165, 1.54) is 5.57 Å². The Balaban J connectivity index is 2.02. The summed E-state index contributed by atoms with van der Waals surface area (Å²) in [6.07, 6.45) is 15.2. The molecule has 37 heavy (non-hydrogen) atoms. The Morgan fingerprint density at radius 1 is 1.19 bits per heavy atom. The summed E-state index contributed by atoms with van der Waals surface area (Å²) in [5.41, 5.74) is 2.74. The van der Waals surface area contributed by atoms with Crippen molar-refractivity contribution in [1.82, 2.24) is 0 Å². The molecule has 0 aromatic heterocycles. The molecule has 0 radical (unpaired) electrons. The standard InChI is InChI=1S/C32H46O5/c1-22(2)8-6-9-23(3)18-25-11-14-31(26(19-25)21-35)15-16-32(29(31)36)28(10-7-17-33)27(24(4)20-34)12-13-30(32,5)37/h8,11,14,18-20,28-29,33,35-37H,3,6-7,9-10,12-13,15-17,21H2,1-2,4-5H3. The van der Waals surface area contributed by atoms with Crippen LogP contribution in [0.25, 0.3) is 0 Å². The zero-order valence-corrected chi connectivity index (χ0v) is 23.1. The van der Waals surface area contributed by atoms with Gasteiger partial charge in [-0.25, -0.2) is 0 Å². The normalized spacial score (nSPS) is 35.7. The van der Waals surface area contributed by atoms with Crippen LogP contribution >= 0.6 is 0 Å². The molecule has 5 heteroatoms. The molecule has 0 aromatic carbocycles. The van der Waals surface area contributed by atoms with Gasteiger partial charge in [-0.2, -0.15) is 0 Å². The highest BCUT2D eigenvalue weighted by Crippen LogP contribution is 2.67. The largest absolute Gasteiger partial charge is 0.396 e. The molecule has 0 amide bonds. The Morgan fingerprint density at radius 2 is 1.92 bits per heavy atom. The van der Waals surface area contributed by atoms with Crippen LogP contribution in [0.5, 0.6) is 0 Å². The minimum Gasteiger partial charge on any atom is -0.396 e. The fourth-order valence-corrected chi connectivity index (χ4v) is 7.20. The number of carbonyl (C=O) groups excluding carboxylic acids is 1. The lowest BCUT2D eigenvalue weighted by Gasteiger charge is -2.56. The van der Waals surface area contributed by atoms with Gasteiger partial charge in [0, 0.05) is 17.4 Å². The molecule has 5 nitrogen and oxygen atoms in total. The fraction of sp³-hybridized carbons (Fsp3) is 0.594. The summed E-state index contributed by atoms with van der Waals surface area (Å²) in [5.74, 6) is -0.233. The molecule has 3 aliphatic carbocycles. The number of aldehydes is 1. The van der Waals surface area contributed by atoms with E-state index in [1.54, 1.807) is 6.92 Å². The van der Waals surface area contributed by atoms with Gasteiger partial charge in [-0.15, -0.1) is 0 Å². The molecule has 2 fully saturated rings. The Labute approximate surface area is 222 Å². The fourth-order valence-electron chi connectivity index (χ4n) is 7.20. The van der Waals surface area contributed by atoms with Gasteiger partial charge in [0.2, 0.25) is 0 Å². The van der Waals surface area contributed by atoms with Crippen molar-refractivity contribution in [2.24, 2.45) is 16.7 Å². The van der Waals surface area contributed by atoms with Gasteiger partial charge in [-0.1, -0.05) is 53.7 Å². The number of hydrogen-bond donors (Lipinski definition) is 4. The molecule has 0 bridgehead atoms. The lowest BCUT2D eigenvalue weighted by Crippen LogP contribution is -2.60. The van der Waals surface area contributed by atoms with Crippen molar-refractivity contribution in [2.75, 3.05) is 13.2 Å². The van der Waals surface area contributed by atoms with Crippen LogP contribution in [0.4, 0.5) is 0 Å². The zero-order chi connectivity index (χ0) is 27.4. The molecule has 2 saturated carbocycles. The highest BCUT2D eigenvalue weighted by molar-refractivity contribution is 5.74. The lowest BCUT2D eigenvalue weighted by atomic mass is 9.51. The van der Waals surface area contributed by atoms with E-state index in [0.717, 1.165) is 41.4 Å². The van der Waals surface area contributed by atoms with Gasteiger partial charge < -0.3 is 20.4 Å². The van der Waals surface area contributed by atoms with Crippen LogP contribution in [0, 0.1) is 16.7 Å². The molecule has 5 atom stereocenters. The number of aliphatic hydroxyl groups excluding tert-OH is 3. The molecule has 0 aromatic rings. The first kappa shape index (κ1) is 29.5. The second kappa shape index (κ2) is 11.8. The average molecular weight is 511 g/mol. The topological polar surface area (TPSA) is 98.0 Å². The van der Waals surface area contributed by atoms with Crippen LogP contribution < -0.4 is 0 Å². The Morgan fingerprint density at radius 3 is 2.54 bits per heavy atom. The van der Waals surface area contributed by atoms with Gasteiger partial charge in [0.05, 0.1) is 18.3 Å². The van der Waals surface area contributed by atoms with Gasteiger partial charge in [0.1, 0.15) is 6.29 Å². The maximum absolute atomic E-state index is 12.2. The minimum atomic E-state index is -1.16. The van der Waals surface area contributed by atoms with Crippen LogP contribution in [0.1, 0.15) is 79.1 Å². The summed E-state index contributed by atoms with van der Waals surface area (Å²) in [6.45, 7) is 11.8. The van der Waals surface area contributed by atoms with Crippen molar-refractivity contribution in [3.05, 3.63) is 70.4 Å². The van der Waals surface area contributed by atoms with Gasteiger partial charge in [0.25, 0.3) is 0 Å². The Hall–Kier alpha value is -2.05. The molecule has 0 saturated heterocycles. The van der Waals surface area contributed by atoms with E-state index in [0.29, 0.717) is 44.1 Å². The molecule has 4 N–H and O–H groups in total. The van der Waals surface area contributed by atoms with Crippen molar-refractivity contribution in [2.45, 2.75) is 90.8 Å². The first-order chi connectivity index (χ1) is 17.5. The summed E-state index contributed by atoms with van der Waals surface area (Å²) >= 11 is 0. The number of aliphatic hydroxyl groups is 4. The van der Waals surface area contributed by atoms with Crippen molar-refractivity contribution >= 4 is 6.29 Å². The number of allylic oxidation sites excluding steroid dienone is 9. The predicted molar refractivity (Wildman–Crippen MR) is 149 cm³/mol. The molecule has 2 spiro atoms. The van der Waals surface area contributed by atoms with Crippen LogP contribution in [-0.4, -0.2) is 51.6 Å². The number of hydrogen-bond acceptors (Lipinski definition) is 5. The summed E-state index contributed by atoms with van der Waals surface area (Å²) in [4.78, 5) is 11.8. The van der Waals surface area contributed by atoms with E-state index in [9.17, 15) is 25.2 Å². The molecule has 0 aliphatic heterocycles. The van der Waals surface area contributed by atoms with Crippen LogP contribution in [-0.2, 0) is 4.79 Å². The van der Waals surface area contributed by atoms with E-state index in [2.05, 4.69) is 26.5 Å². The lowest BCUT2D eigenvalue weighted by molar-refractivity contribution is -0.173. The van der Waals surface area contributed by atoms with E-state index >= 15 is 0 Å². The van der Waals surface area contributed by atoms with Crippen molar-refractivity contribution in [3.63, 3.8) is 0 Å². The van der Waals surface area contributed by atoms with E-state index in [1.807, 2.05) is 31.2 Å². The third kappa shape index (κ3) is 5.42. The van der Waals surface area contributed by atoms with Crippen LogP contribution in [0.3, 0.4) is 0 Å². The Kier molecular flexibility index (Phi) is 9.39. The molecule has 0 heterocycles. The van der Waals surface area contributed by atoms with Gasteiger partial charge in [-0.3, -0.25) is 4.79 Å². The zero-order valence-electron chi connectivity index (χ0n) is 23.1. The van der Waals surface area contributed by atoms with Crippen molar-refractivity contribution in [3.8, 4) is 0 Å². The molecule has 3 aliphatic rings.